The fourth-order valence-electron chi connectivity index (χ4n) is 1.22. The molecule has 0 fully saturated rings. The van der Waals surface area contributed by atoms with Gasteiger partial charge in [-0.1, -0.05) is 0 Å². The summed E-state index contributed by atoms with van der Waals surface area (Å²) in [6.07, 6.45) is 0. The van der Waals surface area contributed by atoms with Crippen LogP contribution in [0, 0.1) is 13.8 Å². The molecule has 0 saturated carbocycles. The van der Waals surface area contributed by atoms with Gasteiger partial charge < -0.3 is 10.2 Å². The summed E-state index contributed by atoms with van der Waals surface area (Å²) in [4.78, 5) is 8.52. The third kappa shape index (κ3) is 1.99. The summed E-state index contributed by atoms with van der Waals surface area (Å²) < 4.78 is 6.88. The molecule has 0 radical (unpaired) electrons. The highest BCUT2D eigenvalue weighted by molar-refractivity contribution is 9.13. The second-order valence-corrected chi connectivity index (χ2v) is 4.95. The highest BCUT2D eigenvalue weighted by Gasteiger charge is 2.13. The predicted molar refractivity (Wildman–Crippen MR) is 69.0 cm³/mol. The van der Waals surface area contributed by atoms with Crippen molar-refractivity contribution in [2.75, 3.05) is 5.73 Å². The van der Waals surface area contributed by atoms with Crippen LogP contribution in [0.5, 0.6) is 0 Å². The SMILES string of the molecule is Cc1nc(-c2cc(Br)c(Br)o2)nc(N)c1C. The van der Waals surface area contributed by atoms with Gasteiger partial charge in [0.05, 0.1) is 4.47 Å². The van der Waals surface area contributed by atoms with Crippen molar-refractivity contribution in [1.29, 1.82) is 0 Å². The number of nitrogen functional groups attached to an aromatic ring is 1. The first-order chi connectivity index (χ1) is 7.49. The van der Waals surface area contributed by atoms with Crippen molar-refractivity contribution in [3.63, 3.8) is 0 Å². The first-order valence-electron chi connectivity index (χ1n) is 4.55. The third-order valence-electron chi connectivity index (χ3n) is 2.29. The molecule has 0 aliphatic heterocycles. The van der Waals surface area contributed by atoms with Gasteiger partial charge in [-0.2, -0.15) is 0 Å². The Morgan fingerprint density at radius 1 is 1.25 bits per heavy atom. The van der Waals surface area contributed by atoms with Gasteiger partial charge in [-0.15, -0.1) is 0 Å². The van der Waals surface area contributed by atoms with E-state index < -0.39 is 0 Å². The van der Waals surface area contributed by atoms with Gasteiger partial charge in [0.15, 0.2) is 16.3 Å². The van der Waals surface area contributed by atoms with Crippen molar-refractivity contribution >= 4 is 37.7 Å². The molecule has 2 rings (SSSR count). The molecule has 0 aliphatic rings. The van der Waals surface area contributed by atoms with Crippen LogP contribution >= 0.6 is 31.9 Å². The molecule has 0 unspecified atom stereocenters. The lowest BCUT2D eigenvalue weighted by Crippen LogP contribution is -2.01. The second-order valence-electron chi connectivity index (χ2n) is 3.38. The number of halogens is 2. The smallest absolute Gasteiger partial charge is 0.197 e. The standard InChI is InChI=1S/C10H9Br2N3O/c1-4-5(2)14-10(15-9(4)13)7-3-6(11)8(12)16-7/h3H,1-2H3,(H2,13,14,15). The topological polar surface area (TPSA) is 64.9 Å². The number of hydrogen-bond acceptors (Lipinski definition) is 4. The van der Waals surface area contributed by atoms with Crippen LogP contribution in [0.15, 0.2) is 19.6 Å². The third-order valence-corrected chi connectivity index (χ3v) is 4.00. The summed E-state index contributed by atoms with van der Waals surface area (Å²) >= 11 is 6.60. The zero-order valence-corrected chi connectivity index (χ0v) is 11.9. The van der Waals surface area contributed by atoms with Crippen LogP contribution in [0.3, 0.4) is 0 Å². The molecular formula is C10H9Br2N3O. The Kier molecular flexibility index (Phi) is 3.03. The van der Waals surface area contributed by atoms with Gasteiger partial charge in [0.25, 0.3) is 0 Å². The van der Waals surface area contributed by atoms with Gasteiger partial charge in [-0.25, -0.2) is 9.97 Å². The predicted octanol–water partition coefficient (Wildman–Crippen LogP) is 3.46. The Morgan fingerprint density at radius 2 is 1.94 bits per heavy atom. The lowest BCUT2D eigenvalue weighted by atomic mass is 10.2. The van der Waals surface area contributed by atoms with E-state index in [9.17, 15) is 0 Å². The van der Waals surface area contributed by atoms with Gasteiger partial charge in [-0.05, 0) is 45.7 Å². The average molecular weight is 347 g/mol. The van der Waals surface area contributed by atoms with E-state index >= 15 is 0 Å². The number of nitrogens with two attached hydrogens (primary N) is 1. The molecule has 2 aromatic heterocycles. The van der Waals surface area contributed by atoms with Crippen molar-refractivity contribution in [3.05, 3.63) is 26.5 Å². The molecule has 84 valence electrons. The summed E-state index contributed by atoms with van der Waals surface area (Å²) in [5, 5.41) is 0. The molecule has 16 heavy (non-hydrogen) atoms. The molecule has 0 aliphatic carbocycles. The van der Waals surface area contributed by atoms with Crippen molar-refractivity contribution in [2.24, 2.45) is 0 Å². The van der Waals surface area contributed by atoms with Gasteiger partial charge >= 0.3 is 0 Å². The van der Waals surface area contributed by atoms with E-state index in [-0.39, 0.29) is 0 Å². The molecule has 0 spiro atoms. The second kappa shape index (κ2) is 4.18. The van der Waals surface area contributed by atoms with E-state index in [0.29, 0.717) is 22.1 Å². The molecule has 6 heteroatoms. The van der Waals surface area contributed by atoms with Crippen molar-refractivity contribution in [2.45, 2.75) is 13.8 Å². The van der Waals surface area contributed by atoms with Gasteiger partial charge in [-0.3, -0.25) is 0 Å². The maximum atomic E-state index is 5.79. The Hall–Kier alpha value is -0.880. The molecule has 2 aromatic rings. The van der Waals surface area contributed by atoms with Crippen molar-refractivity contribution in [3.8, 4) is 11.6 Å². The number of hydrogen-bond donors (Lipinski definition) is 1. The van der Waals surface area contributed by atoms with E-state index in [4.69, 9.17) is 10.2 Å². The van der Waals surface area contributed by atoms with Gasteiger partial charge in [0.1, 0.15) is 5.82 Å². The summed E-state index contributed by atoms with van der Waals surface area (Å²) in [6, 6.07) is 1.80. The average Bonchev–Trinajstić information content (AvgIpc) is 2.55. The lowest BCUT2D eigenvalue weighted by molar-refractivity contribution is 0.549. The maximum Gasteiger partial charge on any atom is 0.197 e. The van der Waals surface area contributed by atoms with Crippen LogP contribution in [-0.4, -0.2) is 9.97 Å². The Morgan fingerprint density at radius 3 is 2.44 bits per heavy atom. The molecule has 0 atom stereocenters. The molecule has 0 saturated heterocycles. The van der Waals surface area contributed by atoms with E-state index in [2.05, 4.69) is 41.8 Å². The Bertz CT molecular complexity index is 508. The fourth-order valence-corrected chi connectivity index (χ4v) is 1.80. The number of furan rings is 1. The van der Waals surface area contributed by atoms with Crippen molar-refractivity contribution < 1.29 is 4.42 Å². The quantitative estimate of drug-likeness (QED) is 0.858. The zero-order chi connectivity index (χ0) is 11.9. The number of rotatable bonds is 1. The largest absolute Gasteiger partial charge is 0.445 e. The fraction of sp³-hybridized carbons (Fsp3) is 0.200. The number of nitrogens with zero attached hydrogens (tertiary/aromatic N) is 2. The summed E-state index contributed by atoms with van der Waals surface area (Å²) in [6.45, 7) is 3.78. The number of anilines is 1. The van der Waals surface area contributed by atoms with Crippen LogP contribution in [0.25, 0.3) is 11.6 Å². The molecule has 2 N–H and O–H groups in total. The zero-order valence-electron chi connectivity index (χ0n) is 8.71. The lowest BCUT2D eigenvalue weighted by Gasteiger charge is -2.04. The first kappa shape index (κ1) is 11.6. The van der Waals surface area contributed by atoms with Crippen LogP contribution in [-0.2, 0) is 0 Å². The summed E-state index contributed by atoms with van der Waals surface area (Å²) in [7, 11) is 0. The van der Waals surface area contributed by atoms with E-state index in [0.717, 1.165) is 15.7 Å². The highest BCUT2D eigenvalue weighted by atomic mass is 79.9. The van der Waals surface area contributed by atoms with Crippen LogP contribution in [0.2, 0.25) is 0 Å². The Balaban J connectivity index is 2.56. The minimum atomic E-state index is 0.478. The first-order valence-corrected chi connectivity index (χ1v) is 6.13. The highest BCUT2D eigenvalue weighted by Crippen LogP contribution is 2.31. The van der Waals surface area contributed by atoms with Crippen LogP contribution in [0.1, 0.15) is 11.3 Å². The molecule has 2 heterocycles. The van der Waals surface area contributed by atoms with E-state index in [1.165, 1.54) is 0 Å². The number of aryl methyl sites for hydroxylation is 1. The molecule has 4 nitrogen and oxygen atoms in total. The van der Waals surface area contributed by atoms with Crippen molar-refractivity contribution in [1.82, 2.24) is 9.97 Å². The van der Waals surface area contributed by atoms with Gasteiger partial charge in [0.2, 0.25) is 0 Å². The van der Waals surface area contributed by atoms with Gasteiger partial charge in [0, 0.05) is 17.3 Å². The summed E-state index contributed by atoms with van der Waals surface area (Å²) in [5.41, 5.74) is 7.54. The molecule has 0 aromatic carbocycles. The monoisotopic (exact) mass is 345 g/mol. The minimum Gasteiger partial charge on any atom is -0.445 e. The molecule has 0 bridgehead atoms. The van der Waals surface area contributed by atoms with Crippen LogP contribution < -0.4 is 5.73 Å². The summed E-state index contributed by atoms with van der Waals surface area (Å²) in [5.74, 6) is 1.55. The Labute approximate surface area is 110 Å². The molecule has 0 amide bonds. The number of aromatic nitrogens is 2. The van der Waals surface area contributed by atoms with E-state index in [1.54, 1.807) is 6.07 Å². The van der Waals surface area contributed by atoms with Crippen LogP contribution in [0.4, 0.5) is 5.82 Å². The normalized spacial score (nSPS) is 10.8. The molecular weight excluding hydrogens is 338 g/mol. The maximum absolute atomic E-state index is 5.79. The minimum absolute atomic E-state index is 0.478. The van der Waals surface area contributed by atoms with E-state index in [1.807, 2.05) is 13.8 Å².